The topological polar surface area (TPSA) is 29.3 Å². The second-order valence-electron chi connectivity index (χ2n) is 4.86. The van der Waals surface area contributed by atoms with Gasteiger partial charge in [-0.3, -0.25) is 0 Å². The molecular formula is C16H19FN2. The molecule has 0 bridgehead atoms. The van der Waals surface area contributed by atoms with Crippen molar-refractivity contribution in [3.05, 3.63) is 65.5 Å². The first-order valence-corrected chi connectivity index (χ1v) is 6.37. The molecule has 0 aromatic heterocycles. The lowest BCUT2D eigenvalue weighted by molar-refractivity contribution is 0.627. The Kier molecular flexibility index (Phi) is 4.17. The number of nitrogens with zero attached hydrogens (tertiary/aromatic N) is 1. The Hall–Kier alpha value is -1.87. The van der Waals surface area contributed by atoms with Crippen LogP contribution in [0.5, 0.6) is 0 Å². The number of rotatable bonds is 4. The van der Waals surface area contributed by atoms with Crippen LogP contribution in [0.1, 0.15) is 24.1 Å². The maximum atomic E-state index is 12.8. The third-order valence-corrected chi connectivity index (χ3v) is 3.19. The minimum absolute atomic E-state index is 0.0523. The zero-order chi connectivity index (χ0) is 13.8. The van der Waals surface area contributed by atoms with Gasteiger partial charge in [0.1, 0.15) is 5.82 Å². The van der Waals surface area contributed by atoms with Crippen LogP contribution in [0.25, 0.3) is 0 Å². The molecule has 0 saturated carbocycles. The highest BCUT2D eigenvalue weighted by Crippen LogP contribution is 2.19. The zero-order valence-corrected chi connectivity index (χ0v) is 11.3. The van der Waals surface area contributed by atoms with Crippen molar-refractivity contribution in [2.75, 3.05) is 11.9 Å². The minimum atomic E-state index is -0.201. The lowest BCUT2D eigenvalue weighted by Crippen LogP contribution is -2.16. The highest BCUT2D eigenvalue weighted by atomic mass is 19.1. The fraction of sp³-hybridized carbons (Fsp3) is 0.250. The summed E-state index contributed by atoms with van der Waals surface area (Å²) in [5.41, 5.74) is 9.16. The molecule has 0 aliphatic heterocycles. The largest absolute Gasteiger partial charge is 0.370 e. The molecular weight excluding hydrogens is 239 g/mol. The molecule has 0 amide bonds. The van der Waals surface area contributed by atoms with E-state index < -0.39 is 0 Å². The van der Waals surface area contributed by atoms with Crippen molar-refractivity contribution in [1.82, 2.24) is 0 Å². The second-order valence-corrected chi connectivity index (χ2v) is 4.86. The Morgan fingerprint density at radius 2 is 1.63 bits per heavy atom. The van der Waals surface area contributed by atoms with Gasteiger partial charge >= 0.3 is 0 Å². The van der Waals surface area contributed by atoms with Crippen molar-refractivity contribution >= 4 is 5.69 Å². The van der Waals surface area contributed by atoms with Gasteiger partial charge < -0.3 is 10.6 Å². The van der Waals surface area contributed by atoms with Crippen LogP contribution in [-0.2, 0) is 6.54 Å². The Balaban J connectivity index is 2.07. The van der Waals surface area contributed by atoms with E-state index in [1.54, 1.807) is 0 Å². The van der Waals surface area contributed by atoms with Crippen molar-refractivity contribution in [2.45, 2.75) is 19.5 Å². The summed E-state index contributed by atoms with van der Waals surface area (Å²) in [7, 11) is 2.02. The predicted octanol–water partition coefficient (Wildman–Crippen LogP) is 3.48. The van der Waals surface area contributed by atoms with E-state index in [2.05, 4.69) is 17.0 Å². The summed E-state index contributed by atoms with van der Waals surface area (Å²) in [5, 5.41) is 0. The molecule has 100 valence electrons. The number of benzene rings is 2. The van der Waals surface area contributed by atoms with Crippen molar-refractivity contribution < 1.29 is 4.39 Å². The molecule has 1 unspecified atom stereocenters. The predicted molar refractivity (Wildman–Crippen MR) is 77.6 cm³/mol. The number of hydrogen-bond acceptors (Lipinski definition) is 2. The van der Waals surface area contributed by atoms with Crippen LogP contribution in [-0.4, -0.2) is 7.05 Å². The van der Waals surface area contributed by atoms with Gasteiger partial charge in [0.25, 0.3) is 0 Å². The van der Waals surface area contributed by atoms with E-state index in [4.69, 9.17) is 5.73 Å². The van der Waals surface area contributed by atoms with Crippen molar-refractivity contribution in [1.29, 1.82) is 0 Å². The van der Waals surface area contributed by atoms with Gasteiger partial charge in [-0.05, 0) is 42.3 Å². The van der Waals surface area contributed by atoms with E-state index in [9.17, 15) is 4.39 Å². The summed E-state index contributed by atoms with van der Waals surface area (Å²) >= 11 is 0. The molecule has 2 aromatic carbocycles. The normalized spacial score (nSPS) is 12.2. The lowest BCUT2D eigenvalue weighted by Gasteiger charge is -2.20. The molecule has 2 rings (SSSR count). The van der Waals surface area contributed by atoms with E-state index in [1.165, 1.54) is 12.1 Å². The lowest BCUT2D eigenvalue weighted by atomic mass is 10.1. The van der Waals surface area contributed by atoms with Gasteiger partial charge in [-0.1, -0.05) is 24.3 Å². The molecule has 0 radical (unpaired) electrons. The average molecular weight is 258 g/mol. The molecule has 2 nitrogen and oxygen atoms in total. The third-order valence-electron chi connectivity index (χ3n) is 3.19. The SMILES string of the molecule is CC(N)c1ccc(N(C)Cc2ccc(F)cc2)cc1. The Morgan fingerprint density at radius 3 is 2.16 bits per heavy atom. The molecule has 0 aliphatic rings. The average Bonchev–Trinajstić information content (AvgIpc) is 2.41. The van der Waals surface area contributed by atoms with Gasteiger partial charge in [0, 0.05) is 25.3 Å². The van der Waals surface area contributed by atoms with Crippen LogP contribution in [0.3, 0.4) is 0 Å². The van der Waals surface area contributed by atoms with Crippen molar-refractivity contribution in [2.24, 2.45) is 5.73 Å². The molecule has 0 aliphatic carbocycles. The fourth-order valence-electron chi connectivity index (χ4n) is 1.99. The molecule has 0 fully saturated rings. The number of nitrogens with two attached hydrogens (primary N) is 1. The number of anilines is 1. The van der Waals surface area contributed by atoms with E-state index in [1.807, 2.05) is 38.2 Å². The minimum Gasteiger partial charge on any atom is -0.370 e. The fourth-order valence-corrected chi connectivity index (χ4v) is 1.99. The molecule has 2 aromatic rings. The Bertz CT molecular complexity index is 517. The van der Waals surface area contributed by atoms with Gasteiger partial charge in [0.05, 0.1) is 0 Å². The Labute approximate surface area is 113 Å². The first kappa shape index (κ1) is 13.6. The second kappa shape index (κ2) is 5.85. The summed E-state index contributed by atoms with van der Waals surface area (Å²) in [6.07, 6.45) is 0. The molecule has 0 saturated heterocycles. The summed E-state index contributed by atoms with van der Waals surface area (Å²) < 4.78 is 12.8. The molecule has 0 spiro atoms. The maximum Gasteiger partial charge on any atom is 0.123 e. The monoisotopic (exact) mass is 258 g/mol. The molecule has 19 heavy (non-hydrogen) atoms. The van der Waals surface area contributed by atoms with E-state index >= 15 is 0 Å². The quantitative estimate of drug-likeness (QED) is 0.909. The molecule has 0 heterocycles. The van der Waals surface area contributed by atoms with Gasteiger partial charge in [-0.2, -0.15) is 0 Å². The number of halogens is 1. The van der Waals surface area contributed by atoms with Crippen molar-refractivity contribution in [3.8, 4) is 0 Å². The Morgan fingerprint density at radius 1 is 1.05 bits per heavy atom. The summed E-state index contributed by atoms with van der Waals surface area (Å²) in [6, 6.07) is 14.8. The van der Waals surface area contributed by atoms with Crippen LogP contribution in [0, 0.1) is 5.82 Å². The van der Waals surface area contributed by atoms with Gasteiger partial charge in [-0.15, -0.1) is 0 Å². The van der Waals surface area contributed by atoms with Crippen LogP contribution in [0.2, 0.25) is 0 Å². The number of hydrogen-bond donors (Lipinski definition) is 1. The third kappa shape index (κ3) is 3.55. The molecule has 2 N–H and O–H groups in total. The first-order valence-electron chi connectivity index (χ1n) is 6.37. The molecule has 1 atom stereocenters. The smallest absolute Gasteiger partial charge is 0.123 e. The summed E-state index contributed by atoms with van der Waals surface area (Å²) in [6.45, 7) is 2.72. The summed E-state index contributed by atoms with van der Waals surface area (Å²) in [4.78, 5) is 2.12. The maximum absolute atomic E-state index is 12.8. The molecule has 3 heteroatoms. The summed E-state index contributed by atoms with van der Waals surface area (Å²) in [5.74, 6) is -0.201. The van der Waals surface area contributed by atoms with Gasteiger partial charge in [0.2, 0.25) is 0 Å². The van der Waals surface area contributed by atoms with E-state index in [-0.39, 0.29) is 11.9 Å². The van der Waals surface area contributed by atoms with Crippen LogP contribution in [0.4, 0.5) is 10.1 Å². The van der Waals surface area contributed by atoms with E-state index in [0.29, 0.717) is 0 Å². The van der Waals surface area contributed by atoms with Crippen molar-refractivity contribution in [3.63, 3.8) is 0 Å². The highest BCUT2D eigenvalue weighted by Gasteiger charge is 2.04. The van der Waals surface area contributed by atoms with E-state index in [0.717, 1.165) is 23.4 Å². The standard InChI is InChI=1S/C16H19FN2/c1-12(18)14-5-9-16(10-6-14)19(2)11-13-3-7-15(17)8-4-13/h3-10,12H,11,18H2,1-2H3. The van der Waals surface area contributed by atoms with Gasteiger partial charge in [0.15, 0.2) is 0 Å². The van der Waals surface area contributed by atoms with Crippen LogP contribution >= 0.6 is 0 Å². The highest BCUT2D eigenvalue weighted by molar-refractivity contribution is 5.47. The van der Waals surface area contributed by atoms with Crippen LogP contribution in [0.15, 0.2) is 48.5 Å². The van der Waals surface area contributed by atoms with Gasteiger partial charge in [-0.25, -0.2) is 4.39 Å². The first-order chi connectivity index (χ1) is 9.06. The van der Waals surface area contributed by atoms with Crippen LogP contribution < -0.4 is 10.6 Å². The zero-order valence-electron chi connectivity index (χ0n) is 11.3.